The van der Waals surface area contributed by atoms with Crippen LogP contribution in [0.5, 0.6) is 0 Å². The summed E-state index contributed by atoms with van der Waals surface area (Å²) < 4.78 is 27.0. The highest BCUT2D eigenvalue weighted by molar-refractivity contribution is 7.92. The van der Waals surface area contributed by atoms with Crippen LogP contribution in [0.25, 0.3) is 0 Å². The molecule has 0 aliphatic carbocycles. The number of thiophene rings is 1. The van der Waals surface area contributed by atoms with Gasteiger partial charge < -0.3 is 9.80 Å². The minimum absolute atomic E-state index is 0.00368. The molecule has 1 aromatic carbocycles. The molecular weight excluding hydrogens is 406 g/mol. The summed E-state index contributed by atoms with van der Waals surface area (Å²) in [7, 11) is 0.500. The Bertz CT molecular complexity index is 909. The molecule has 0 radical (unpaired) electrons. The zero-order valence-corrected chi connectivity index (χ0v) is 19.4. The smallest absolute Gasteiger partial charge is 0.264 e. The topological polar surface area (TPSA) is 69.7 Å². The molecule has 1 aromatic heterocycles. The first-order valence-electron chi connectivity index (χ1n) is 9.83. The summed E-state index contributed by atoms with van der Waals surface area (Å²) in [5.74, 6) is 0.0733. The maximum Gasteiger partial charge on any atom is 0.264 e. The Morgan fingerprint density at radius 2 is 1.93 bits per heavy atom. The molecule has 0 saturated carbocycles. The van der Waals surface area contributed by atoms with Gasteiger partial charge in [-0.25, -0.2) is 8.42 Å². The van der Waals surface area contributed by atoms with E-state index in [2.05, 4.69) is 11.6 Å². The summed E-state index contributed by atoms with van der Waals surface area (Å²) in [6.07, 6.45) is 1.38. The molecule has 0 aliphatic rings. The van der Waals surface area contributed by atoms with Gasteiger partial charge in [0.15, 0.2) is 0 Å². The summed E-state index contributed by atoms with van der Waals surface area (Å²) in [4.78, 5) is 17.6. The van der Waals surface area contributed by atoms with E-state index in [4.69, 9.17) is 0 Å². The van der Waals surface area contributed by atoms with Gasteiger partial charge in [0.1, 0.15) is 0 Å². The molecule has 2 rings (SSSR count). The lowest BCUT2D eigenvalue weighted by Crippen LogP contribution is -2.37. The highest BCUT2D eigenvalue weighted by Gasteiger charge is 2.23. The van der Waals surface area contributed by atoms with Crippen LogP contribution in [-0.2, 0) is 16.6 Å². The van der Waals surface area contributed by atoms with Crippen LogP contribution in [0.2, 0.25) is 0 Å². The fourth-order valence-electron chi connectivity index (χ4n) is 3.08. The van der Waals surface area contributed by atoms with Crippen molar-refractivity contribution in [2.75, 3.05) is 29.5 Å². The normalized spacial score (nSPS) is 12.4. The minimum Gasteiger partial charge on any atom is -0.377 e. The Morgan fingerprint density at radius 3 is 2.48 bits per heavy atom. The van der Waals surface area contributed by atoms with E-state index in [0.717, 1.165) is 17.7 Å². The van der Waals surface area contributed by atoms with Gasteiger partial charge in [0, 0.05) is 38.1 Å². The van der Waals surface area contributed by atoms with Gasteiger partial charge in [-0.05, 0) is 55.0 Å². The largest absolute Gasteiger partial charge is 0.377 e. The van der Waals surface area contributed by atoms with Crippen molar-refractivity contribution in [3.8, 4) is 0 Å². The number of carbonyl (C=O) groups excluding carboxylic acids is 1. The van der Waals surface area contributed by atoms with Crippen LogP contribution in [0.15, 0.2) is 35.7 Å². The number of hydrogen-bond donors (Lipinski definition) is 1. The average Bonchev–Trinajstić information content (AvgIpc) is 3.19. The Hall–Kier alpha value is -2.06. The lowest BCUT2D eigenvalue weighted by atomic mass is 10.1. The SMILES string of the molecule is CCCS(=O)(=O)Nc1ccc(N(C)C)c(CN(C(=O)c2cccs2)C(C)CC)c1. The molecular formula is C21H31N3O3S2. The summed E-state index contributed by atoms with van der Waals surface area (Å²) in [6, 6.07) is 9.26. The van der Waals surface area contributed by atoms with Gasteiger partial charge in [0.05, 0.1) is 10.6 Å². The van der Waals surface area contributed by atoms with Gasteiger partial charge in [0.25, 0.3) is 5.91 Å². The van der Waals surface area contributed by atoms with Crippen LogP contribution < -0.4 is 9.62 Å². The third-order valence-corrected chi connectivity index (χ3v) is 7.11. The van der Waals surface area contributed by atoms with Crippen molar-refractivity contribution in [1.29, 1.82) is 0 Å². The lowest BCUT2D eigenvalue weighted by molar-refractivity contribution is 0.0677. The van der Waals surface area contributed by atoms with Gasteiger partial charge in [-0.1, -0.05) is 19.9 Å². The van der Waals surface area contributed by atoms with Crippen molar-refractivity contribution in [3.05, 3.63) is 46.2 Å². The first kappa shape index (κ1) is 23.2. The molecule has 8 heteroatoms. The standard InChI is InChI=1S/C21H31N3O3S2/c1-6-13-29(26,27)22-18-10-11-19(23(4)5)17(14-18)15-24(16(3)7-2)21(25)20-9-8-12-28-20/h8-12,14,16,22H,6-7,13,15H2,1-5H3. The number of anilines is 2. The Labute approximate surface area is 178 Å². The molecule has 1 unspecified atom stereocenters. The third kappa shape index (κ3) is 6.21. The molecule has 1 heterocycles. The quantitative estimate of drug-likeness (QED) is 0.598. The van der Waals surface area contributed by atoms with Crippen molar-refractivity contribution in [1.82, 2.24) is 4.90 Å². The molecule has 29 heavy (non-hydrogen) atoms. The summed E-state index contributed by atoms with van der Waals surface area (Å²) in [6.45, 7) is 6.33. The maximum absolute atomic E-state index is 13.1. The molecule has 0 aliphatic heterocycles. The number of carbonyl (C=O) groups is 1. The van der Waals surface area contributed by atoms with Crippen molar-refractivity contribution in [2.45, 2.75) is 46.2 Å². The number of rotatable bonds is 10. The number of nitrogens with zero attached hydrogens (tertiary/aromatic N) is 2. The van der Waals surface area contributed by atoms with E-state index in [-0.39, 0.29) is 17.7 Å². The minimum atomic E-state index is -3.38. The Balaban J connectivity index is 2.40. The summed E-state index contributed by atoms with van der Waals surface area (Å²) in [5.41, 5.74) is 2.37. The molecule has 1 amide bonds. The van der Waals surface area contributed by atoms with Crippen LogP contribution in [0, 0.1) is 0 Å². The fraction of sp³-hybridized carbons (Fsp3) is 0.476. The number of amides is 1. The van der Waals surface area contributed by atoms with Crippen LogP contribution >= 0.6 is 11.3 Å². The predicted octanol–water partition coefficient (Wildman–Crippen LogP) is 4.41. The zero-order valence-electron chi connectivity index (χ0n) is 17.8. The second-order valence-corrected chi connectivity index (χ2v) is 10.1. The predicted molar refractivity (Wildman–Crippen MR) is 122 cm³/mol. The third-order valence-electron chi connectivity index (χ3n) is 4.76. The van der Waals surface area contributed by atoms with Gasteiger partial charge >= 0.3 is 0 Å². The van der Waals surface area contributed by atoms with E-state index in [1.165, 1.54) is 11.3 Å². The monoisotopic (exact) mass is 437 g/mol. The van der Waals surface area contributed by atoms with Crippen LogP contribution in [0.4, 0.5) is 11.4 Å². The first-order chi connectivity index (χ1) is 13.7. The van der Waals surface area contributed by atoms with Gasteiger partial charge in [0.2, 0.25) is 10.0 Å². The highest BCUT2D eigenvalue weighted by atomic mass is 32.2. The van der Waals surface area contributed by atoms with E-state index >= 15 is 0 Å². The second kappa shape index (κ2) is 10.1. The molecule has 2 aromatic rings. The molecule has 1 atom stereocenters. The second-order valence-electron chi connectivity index (χ2n) is 7.33. The van der Waals surface area contributed by atoms with Crippen molar-refractivity contribution >= 4 is 38.6 Å². The van der Waals surface area contributed by atoms with Crippen LogP contribution in [-0.4, -0.2) is 45.1 Å². The molecule has 0 fully saturated rings. The van der Waals surface area contributed by atoms with Gasteiger partial charge in [-0.15, -0.1) is 11.3 Å². The molecule has 1 N–H and O–H groups in total. The van der Waals surface area contributed by atoms with Crippen molar-refractivity contribution in [3.63, 3.8) is 0 Å². The van der Waals surface area contributed by atoms with Crippen LogP contribution in [0.1, 0.15) is 48.8 Å². The Kier molecular flexibility index (Phi) is 8.10. The van der Waals surface area contributed by atoms with E-state index in [9.17, 15) is 13.2 Å². The number of hydrogen-bond acceptors (Lipinski definition) is 5. The van der Waals surface area contributed by atoms with Crippen LogP contribution in [0.3, 0.4) is 0 Å². The molecule has 0 saturated heterocycles. The molecule has 0 spiro atoms. The summed E-state index contributed by atoms with van der Waals surface area (Å²) in [5, 5.41) is 1.90. The number of sulfonamides is 1. The number of nitrogens with one attached hydrogen (secondary N) is 1. The number of benzene rings is 1. The summed E-state index contributed by atoms with van der Waals surface area (Å²) >= 11 is 1.43. The van der Waals surface area contributed by atoms with Gasteiger partial charge in [-0.3, -0.25) is 9.52 Å². The van der Waals surface area contributed by atoms with Crippen molar-refractivity contribution in [2.24, 2.45) is 0 Å². The fourth-order valence-corrected chi connectivity index (χ4v) is 4.89. The van der Waals surface area contributed by atoms with E-state index in [0.29, 0.717) is 23.5 Å². The molecule has 0 bridgehead atoms. The molecule has 6 nitrogen and oxygen atoms in total. The average molecular weight is 438 g/mol. The molecule has 160 valence electrons. The first-order valence-corrected chi connectivity index (χ1v) is 12.4. The van der Waals surface area contributed by atoms with Crippen molar-refractivity contribution < 1.29 is 13.2 Å². The van der Waals surface area contributed by atoms with Gasteiger partial charge in [-0.2, -0.15) is 0 Å². The van der Waals surface area contributed by atoms with E-state index in [1.54, 1.807) is 6.07 Å². The zero-order chi connectivity index (χ0) is 21.6. The van der Waals surface area contributed by atoms with E-state index in [1.807, 2.05) is 67.4 Å². The highest BCUT2D eigenvalue weighted by Crippen LogP contribution is 2.27. The lowest BCUT2D eigenvalue weighted by Gasteiger charge is -2.30. The van der Waals surface area contributed by atoms with E-state index < -0.39 is 10.0 Å². The Morgan fingerprint density at radius 1 is 1.21 bits per heavy atom. The maximum atomic E-state index is 13.1.